The molecule has 1 aliphatic carbocycles. The number of carboxylic acids is 1. The van der Waals surface area contributed by atoms with E-state index in [0.29, 0.717) is 24.1 Å². The zero-order valence-corrected chi connectivity index (χ0v) is 11.2. The van der Waals surface area contributed by atoms with Crippen molar-refractivity contribution in [3.63, 3.8) is 0 Å². The minimum Gasteiger partial charge on any atom is -0.481 e. The molecule has 1 fully saturated rings. The van der Waals surface area contributed by atoms with Crippen LogP contribution in [0.1, 0.15) is 28.8 Å². The molecule has 21 heavy (non-hydrogen) atoms. The number of rotatable bonds is 4. The number of pyridine rings is 1. The number of hydrogen-bond donors (Lipinski definition) is 2. The Hall–Kier alpha value is -2.69. The average Bonchev–Trinajstić information content (AvgIpc) is 3.31. The summed E-state index contributed by atoms with van der Waals surface area (Å²) in [6.07, 6.45) is 4.44. The van der Waals surface area contributed by atoms with Crippen molar-refractivity contribution >= 4 is 17.6 Å². The zero-order chi connectivity index (χ0) is 14.9. The Balaban J connectivity index is 1.74. The van der Waals surface area contributed by atoms with Crippen molar-refractivity contribution in [1.29, 1.82) is 0 Å². The molecule has 1 saturated carbocycles. The number of carbonyl (C=O) groups is 2. The lowest BCUT2D eigenvalue weighted by molar-refractivity contribution is -0.140. The number of hydrogen-bond acceptors (Lipinski definition) is 3. The van der Waals surface area contributed by atoms with Crippen molar-refractivity contribution in [2.75, 3.05) is 5.32 Å². The molecule has 0 saturated heterocycles. The van der Waals surface area contributed by atoms with Crippen LogP contribution in [0.4, 0.5) is 5.69 Å². The van der Waals surface area contributed by atoms with Gasteiger partial charge in [0.2, 0.25) is 0 Å². The second-order valence-electron chi connectivity index (χ2n) is 5.16. The minimum absolute atomic E-state index is 0.241. The molecule has 0 unspecified atom stereocenters. The van der Waals surface area contributed by atoms with Crippen LogP contribution in [0.3, 0.4) is 0 Å². The van der Waals surface area contributed by atoms with Crippen molar-refractivity contribution < 1.29 is 14.7 Å². The number of anilines is 1. The van der Waals surface area contributed by atoms with Crippen LogP contribution in [0.2, 0.25) is 0 Å². The van der Waals surface area contributed by atoms with Crippen LogP contribution in [-0.4, -0.2) is 22.0 Å². The molecule has 1 amide bonds. The van der Waals surface area contributed by atoms with Gasteiger partial charge >= 0.3 is 5.97 Å². The van der Waals surface area contributed by atoms with E-state index < -0.39 is 11.4 Å². The molecule has 1 heterocycles. The maximum Gasteiger partial charge on any atom is 0.314 e. The topological polar surface area (TPSA) is 79.3 Å². The summed E-state index contributed by atoms with van der Waals surface area (Å²) in [5.74, 6) is -1.02. The quantitative estimate of drug-likeness (QED) is 0.902. The van der Waals surface area contributed by atoms with Crippen LogP contribution in [0.25, 0.3) is 0 Å². The third-order valence-electron chi connectivity index (χ3n) is 3.78. The Morgan fingerprint density at radius 1 is 1.14 bits per heavy atom. The van der Waals surface area contributed by atoms with E-state index >= 15 is 0 Å². The fraction of sp³-hybridized carbons (Fsp3) is 0.188. The van der Waals surface area contributed by atoms with E-state index in [1.54, 1.807) is 42.6 Å². The fourth-order valence-electron chi connectivity index (χ4n) is 2.32. The second-order valence-corrected chi connectivity index (χ2v) is 5.16. The SMILES string of the molecule is O=C(Nc1ccc(C2(C(=O)O)CC2)cc1)c1cccnc1. The monoisotopic (exact) mass is 282 g/mol. The highest BCUT2D eigenvalue weighted by atomic mass is 16.4. The zero-order valence-electron chi connectivity index (χ0n) is 11.2. The Bertz CT molecular complexity index is 676. The third-order valence-corrected chi connectivity index (χ3v) is 3.78. The highest BCUT2D eigenvalue weighted by Gasteiger charge is 2.51. The smallest absolute Gasteiger partial charge is 0.314 e. The highest BCUT2D eigenvalue weighted by molar-refractivity contribution is 6.04. The van der Waals surface area contributed by atoms with E-state index in [9.17, 15) is 14.7 Å². The lowest BCUT2D eigenvalue weighted by Crippen LogP contribution is -2.19. The van der Waals surface area contributed by atoms with Crippen LogP contribution in [0.5, 0.6) is 0 Å². The van der Waals surface area contributed by atoms with Crippen LogP contribution >= 0.6 is 0 Å². The van der Waals surface area contributed by atoms with Gasteiger partial charge in [0.1, 0.15) is 0 Å². The van der Waals surface area contributed by atoms with Gasteiger partial charge in [-0.05, 0) is 42.7 Å². The number of carboxylic acid groups (broad SMARTS) is 1. The minimum atomic E-state index is -0.783. The first-order valence-electron chi connectivity index (χ1n) is 6.67. The van der Waals surface area contributed by atoms with E-state index in [2.05, 4.69) is 10.3 Å². The number of benzene rings is 1. The van der Waals surface area contributed by atoms with Gasteiger partial charge in [0, 0.05) is 18.1 Å². The Morgan fingerprint density at radius 3 is 2.38 bits per heavy atom. The van der Waals surface area contributed by atoms with Gasteiger partial charge < -0.3 is 10.4 Å². The first-order chi connectivity index (χ1) is 10.1. The number of nitrogens with zero attached hydrogens (tertiary/aromatic N) is 1. The van der Waals surface area contributed by atoms with Crippen LogP contribution < -0.4 is 5.32 Å². The summed E-state index contributed by atoms with van der Waals surface area (Å²) in [5, 5.41) is 12.0. The van der Waals surface area contributed by atoms with Crippen molar-refractivity contribution in [2.45, 2.75) is 18.3 Å². The largest absolute Gasteiger partial charge is 0.481 e. The number of amides is 1. The lowest BCUT2D eigenvalue weighted by Gasteiger charge is -2.11. The van der Waals surface area contributed by atoms with E-state index in [-0.39, 0.29) is 5.91 Å². The summed E-state index contributed by atoms with van der Waals surface area (Å²) in [4.78, 5) is 27.1. The molecule has 0 spiro atoms. The molecule has 0 radical (unpaired) electrons. The Kier molecular flexibility index (Phi) is 3.17. The third kappa shape index (κ3) is 2.50. The number of aliphatic carboxylic acids is 1. The summed E-state index contributed by atoms with van der Waals surface area (Å²) in [5.41, 5.74) is 1.18. The van der Waals surface area contributed by atoms with Gasteiger partial charge in [0.25, 0.3) is 5.91 Å². The molecule has 0 bridgehead atoms. The van der Waals surface area contributed by atoms with Gasteiger partial charge in [-0.3, -0.25) is 14.6 Å². The highest BCUT2D eigenvalue weighted by Crippen LogP contribution is 2.48. The molecule has 106 valence electrons. The van der Waals surface area contributed by atoms with Gasteiger partial charge in [-0.25, -0.2) is 0 Å². The average molecular weight is 282 g/mol. The first kappa shape index (κ1) is 13.3. The summed E-state index contributed by atoms with van der Waals surface area (Å²) in [7, 11) is 0. The van der Waals surface area contributed by atoms with Crippen molar-refractivity contribution in [1.82, 2.24) is 4.98 Å². The number of carbonyl (C=O) groups excluding carboxylic acids is 1. The Morgan fingerprint density at radius 2 is 1.86 bits per heavy atom. The molecule has 1 aliphatic rings. The molecular formula is C16H14N2O3. The molecule has 5 heteroatoms. The fourth-order valence-corrected chi connectivity index (χ4v) is 2.32. The van der Waals surface area contributed by atoms with E-state index in [1.807, 2.05) is 0 Å². The van der Waals surface area contributed by atoms with Crippen LogP contribution in [0.15, 0.2) is 48.8 Å². The van der Waals surface area contributed by atoms with Crippen LogP contribution in [-0.2, 0) is 10.2 Å². The summed E-state index contributed by atoms with van der Waals surface area (Å²) in [6.45, 7) is 0. The second kappa shape index (κ2) is 5.01. The molecule has 2 N–H and O–H groups in total. The predicted octanol–water partition coefficient (Wildman–Crippen LogP) is 2.45. The summed E-state index contributed by atoms with van der Waals surface area (Å²) < 4.78 is 0. The maximum atomic E-state index is 12.0. The summed E-state index contributed by atoms with van der Waals surface area (Å²) in [6, 6.07) is 10.4. The van der Waals surface area contributed by atoms with E-state index in [0.717, 1.165) is 5.56 Å². The lowest BCUT2D eigenvalue weighted by atomic mass is 9.96. The molecular weight excluding hydrogens is 268 g/mol. The van der Waals surface area contributed by atoms with Gasteiger partial charge in [-0.2, -0.15) is 0 Å². The maximum absolute atomic E-state index is 12.0. The molecule has 1 aromatic heterocycles. The van der Waals surface area contributed by atoms with E-state index in [4.69, 9.17) is 0 Å². The predicted molar refractivity (Wildman–Crippen MR) is 77.2 cm³/mol. The van der Waals surface area contributed by atoms with Gasteiger partial charge in [0.05, 0.1) is 11.0 Å². The molecule has 0 aliphatic heterocycles. The van der Waals surface area contributed by atoms with Gasteiger partial charge in [0.15, 0.2) is 0 Å². The molecule has 2 aromatic rings. The standard InChI is InChI=1S/C16H14N2O3/c19-14(11-2-1-9-17-10-11)18-13-5-3-12(4-6-13)16(7-8-16)15(20)21/h1-6,9-10H,7-8H2,(H,18,19)(H,20,21). The number of nitrogens with one attached hydrogen (secondary N) is 1. The van der Waals surface area contributed by atoms with Gasteiger partial charge in [-0.15, -0.1) is 0 Å². The van der Waals surface area contributed by atoms with Gasteiger partial charge in [-0.1, -0.05) is 12.1 Å². The van der Waals surface area contributed by atoms with Crippen molar-refractivity contribution in [3.8, 4) is 0 Å². The summed E-state index contributed by atoms with van der Waals surface area (Å²) >= 11 is 0. The normalized spacial score (nSPS) is 15.2. The number of aromatic nitrogens is 1. The molecule has 5 nitrogen and oxygen atoms in total. The Labute approximate surface area is 121 Å². The van der Waals surface area contributed by atoms with Crippen molar-refractivity contribution in [2.24, 2.45) is 0 Å². The first-order valence-corrected chi connectivity index (χ1v) is 6.67. The van der Waals surface area contributed by atoms with Crippen molar-refractivity contribution in [3.05, 3.63) is 59.9 Å². The van der Waals surface area contributed by atoms with Crippen LogP contribution in [0, 0.1) is 0 Å². The van der Waals surface area contributed by atoms with E-state index in [1.165, 1.54) is 6.20 Å². The molecule has 1 aromatic carbocycles. The molecule has 0 atom stereocenters. The molecule has 3 rings (SSSR count).